The highest BCUT2D eigenvalue weighted by molar-refractivity contribution is 5.91. The van der Waals surface area contributed by atoms with Gasteiger partial charge in [0.25, 0.3) is 0 Å². The Morgan fingerprint density at radius 2 is 1.91 bits per heavy atom. The highest BCUT2D eigenvalue weighted by Gasteiger charge is 2.06. The molecule has 0 aliphatic heterocycles. The summed E-state index contributed by atoms with van der Waals surface area (Å²) in [5, 5.41) is 21.5. The lowest BCUT2D eigenvalue weighted by Crippen LogP contribution is -1.92. The molecule has 0 amide bonds. The maximum Gasteiger partial charge on any atom is 0.178 e. The average Bonchev–Trinajstić information content (AvgIpc) is 2.97. The van der Waals surface area contributed by atoms with Crippen molar-refractivity contribution >= 4 is 33.3 Å². The van der Waals surface area contributed by atoms with Crippen LogP contribution in [0.25, 0.3) is 21.8 Å². The van der Waals surface area contributed by atoms with Crippen LogP contribution in [0.2, 0.25) is 0 Å². The number of hydrogen-bond donors (Lipinski definition) is 2. The third-order valence-electron chi connectivity index (χ3n) is 3.55. The molecule has 22 heavy (non-hydrogen) atoms. The van der Waals surface area contributed by atoms with E-state index in [4.69, 9.17) is 5.26 Å². The minimum absolute atomic E-state index is 0.663. The second kappa shape index (κ2) is 4.86. The number of anilines is 2. The van der Waals surface area contributed by atoms with Gasteiger partial charge in [0.2, 0.25) is 0 Å². The maximum atomic E-state index is 8.94. The molecule has 4 rings (SSSR count). The summed E-state index contributed by atoms with van der Waals surface area (Å²) in [5.41, 5.74) is 3.29. The molecule has 0 radical (unpaired) electrons. The molecule has 2 aromatic carbocycles. The van der Waals surface area contributed by atoms with E-state index in [1.54, 1.807) is 6.20 Å². The molecule has 104 valence electrons. The molecule has 0 spiro atoms. The molecule has 0 atom stereocenters. The lowest BCUT2D eigenvalue weighted by atomic mass is 10.1. The summed E-state index contributed by atoms with van der Waals surface area (Å²) in [4.78, 5) is 4.33. The lowest BCUT2D eigenvalue weighted by Gasteiger charge is -2.05. The van der Waals surface area contributed by atoms with Gasteiger partial charge in [-0.3, -0.25) is 10.1 Å². The van der Waals surface area contributed by atoms with E-state index in [2.05, 4.69) is 26.6 Å². The largest absolute Gasteiger partial charge is 0.337 e. The van der Waals surface area contributed by atoms with Crippen LogP contribution in [0.15, 0.2) is 54.7 Å². The fourth-order valence-electron chi connectivity index (χ4n) is 2.47. The third-order valence-corrected chi connectivity index (χ3v) is 3.55. The summed E-state index contributed by atoms with van der Waals surface area (Å²) in [7, 11) is 0. The zero-order chi connectivity index (χ0) is 14.9. The first-order valence-corrected chi connectivity index (χ1v) is 6.83. The quantitative estimate of drug-likeness (QED) is 0.588. The molecule has 4 aromatic rings. The van der Waals surface area contributed by atoms with Crippen molar-refractivity contribution in [3.63, 3.8) is 0 Å². The number of hydrogen-bond acceptors (Lipinski definition) is 4. The van der Waals surface area contributed by atoms with E-state index in [1.807, 2.05) is 48.5 Å². The number of nitrogens with zero attached hydrogens (tertiary/aromatic N) is 3. The molecule has 5 heteroatoms. The summed E-state index contributed by atoms with van der Waals surface area (Å²) in [6, 6.07) is 17.6. The SMILES string of the molecule is N#Cc1ccc2cc(Nc3n[nH]c4cccnc34)ccc2c1. The van der Waals surface area contributed by atoms with Crippen LogP contribution in [0.4, 0.5) is 11.5 Å². The van der Waals surface area contributed by atoms with Gasteiger partial charge in [-0.05, 0) is 47.2 Å². The number of benzene rings is 2. The Kier molecular flexibility index (Phi) is 2.73. The van der Waals surface area contributed by atoms with Gasteiger partial charge in [-0.25, -0.2) is 0 Å². The van der Waals surface area contributed by atoms with Crippen LogP contribution < -0.4 is 5.32 Å². The lowest BCUT2D eigenvalue weighted by molar-refractivity contribution is 1.12. The zero-order valence-corrected chi connectivity index (χ0v) is 11.5. The van der Waals surface area contributed by atoms with Crippen molar-refractivity contribution in [1.82, 2.24) is 15.2 Å². The molecule has 2 heterocycles. The molecule has 2 N–H and O–H groups in total. The van der Waals surface area contributed by atoms with Crippen molar-refractivity contribution in [3.05, 3.63) is 60.3 Å². The summed E-state index contributed by atoms with van der Waals surface area (Å²) < 4.78 is 0. The Morgan fingerprint density at radius 1 is 1.05 bits per heavy atom. The normalized spacial score (nSPS) is 10.7. The van der Waals surface area contributed by atoms with Crippen molar-refractivity contribution in [2.75, 3.05) is 5.32 Å². The van der Waals surface area contributed by atoms with Crippen LogP contribution in [0, 0.1) is 11.3 Å². The molecule has 5 nitrogen and oxygen atoms in total. The van der Waals surface area contributed by atoms with Gasteiger partial charge in [-0.15, -0.1) is 0 Å². The zero-order valence-electron chi connectivity index (χ0n) is 11.5. The molecule has 0 aliphatic rings. The molecular weight excluding hydrogens is 274 g/mol. The molecule has 0 unspecified atom stereocenters. The van der Waals surface area contributed by atoms with Gasteiger partial charge < -0.3 is 5.32 Å². The Balaban J connectivity index is 1.74. The molecule has 0 saturated heterocycles. The second-order valence-electron chi connectivity index (χ2n) is 4.99. The number of aromatic amines is 1. The third kappa shape index (κ3) is 2.03. The van der Waals surface area contributed by atoms with Gasteiger partial charge in [-0.1, -0.05) is 12.1 Å². The Morgan fingerprint density at radius 3 is 2.82 bits per heavy atom. The number of fused-ring (bicyclic) bond motifs is 2. The Bertz CT molecular complexity index is 1030. The first-order valence-electron chi connectivity index (χ1n) is 6.83. The number of aromatic nitrogens is 3. The van der Waals surface area contributed by atoms with E-state index in [0.717, 1.165) is 27.5 Å². The standard InChI is InChI=1S/C17H11N5/c18-10-11-3-4-13-9-14(6-5-12(13)8-11)20-17-16-15(21-22-17)2-1-7-19-16/h1-9H,(H2,20,21,22). The van der Waals surface area contributed by atoms with Crippen molar-refractivity contribution in [1.29, 1.82) is 5.26 Å². The number of nitrogens with one attached hydrogen (secondary N) is 2. The first kappa shape index (κ1) is 12.4. The smallest absolute Gasteiger partial charge is 0.178 e. The fraction of sp³-hybridized carbons (Fsp3) is 0. The van der Waals surface area contributed by atoms with Crippen LogP contribution in [-0.2, 0) is 0 Å². The summed E-state index contributed by atoms with van der Waals surface area (Å²) >= 11 is 0. The van der Waals surface area contributed by atoms with Gasteiger partial charge in [0.05, 0.1) is 17.1 Å². The van der Waals surface area contributed by atoms with E-state index >= 15 is 0 Å². The summed E-state index contributed by atoms with van der Waals surface area (Å²) in [6.07, 6.45) is 1.74. The predicted molar refractivity (Wildman–Crippen MR) is 85.8 cm³/mol. The average molecular weight is 285 g/mol. The minimum Gasteiger partial charge on any atom is -0.337 e. The van der Waals surface area contributed by atoms with Crippen LogP contribution in [-0.4, -0.2) is 15.2 Å². The van der Waals surface area contributed by atoms with Crippen molar-refractivity contribution in [2.24, 2.45) is 0 Å². The Labute approximate surface area is 126 Å². The van der Waals surface area contributed by atoms with E-state index in [0.29, 0.717) is 11.4 Å². The first-order chi connectivity index (χ1) is 10.8. The monoisotopic (exact) mass is 285 g/mol. The summed E-state index contributed by atoms with van der Waals surface area (Å²) in [6.45, 7) is 0. The van der Waals surface area contributed by atoms with Gasteiger partial charge in [-0.2, -0.15) is 10.4 Å². The van der Waals surface area contributed by atoms with Gasteiger partial charge in [0, 0.05) is 11.9 Å². The minimum atomic E-state index is 0.663. The van der Waals surface area contributed by atoms with E-state index in [-0.39, 0.29) is 0 Å². The number of H-pyrrole nitrogens is 1. The highest BCUT2D eigenvalue weighted by atomic mass is 15.2. The topological polar surface area (TPSA) is 77.4 Å². The second-order valence-corrected chi connectivity index (χ2v) is 4.99. The van der Waals surface area contributed by atoms with E-state index in [9.17, 15) is 0 Å². The fourth-order valence-corrected chi connectivity index (χ4v) is 2.47. The molecule has 0 aliphatic carbocycles. The molecule has 0 bridgehead atoms. The van der Waals surface area contributed by atoms with Crippen LogP contribution in [0.3, 0.4) is 0 Å². The number of rotatable bonds is 2. The van der Waals surface area contributed by atoms with E-state index in [1.165, 1.54) is 0 Å². The van der Waals surface area contributed by atoms with Crippen molar-refractivity contribution < 1.29 is 0 Å². The van der Waals surface area contributed by atoms with Gasteiger partial charge >= 0.3 is 0 Å². The predicted octanol–water partition coefficient (Wildman–Crippen LogP) is 3.73. The molecule has 0 fully saturated rings. The van der Waals surface area contributed by atoms with Gasteiger partial charge in [0.15, 0.2) is 5.82 Å². The number of pyridine rings is 1. The van der Waals surface area contributed by atoms with Crippen molar-refractivity contribution in [2.45, 2.75) is 0 Å². The molecule has 0 saturated carbocycles. The van der Waals surface area contributed by atoms with Crippen LogP contribution in [0.5, 0.6) is 0 Å². The maximum absolute atomic E-state index is 8.94. The Hall–Kier alpha value is -3.39. The van der Waals surface area contributed by atoms with E-state index < -0.39 is 0 Å². The molecule has 2 aromatic heterocycles. The highest BCUT2D eigenvalue weighted by Crippen LogP contribution is 2.25. The molecular formula is C17H11N5. The van der Waals surface area contributed by atoms with Crippen LogP contribution in [0.1, 0.15) is 5.56 Å². The van der Waals surface area contributed by atoms with Crippen LogP contribution >= 0.6 is 0 Å². The summed E-state index contributed by atoms with van der Waals surface area (Å²) in [5.74, 6) is 0.698. The number of nitriles is 1. The van der Waals surface area contributed by atoms with Gasteiger partial charge in [0.1, 0.15) is 5.52 Å². The van der Waals surface area contributed by atoms with Crippen molar-refractivity contribution in [3.8, 4) is 6.07 Å².